The van der Waals surface area contributed by atoms with Gasteiger partial charge in [0.15, 0.2) is 17.5 Å². The lowest BCUT2D eigenvalue weighted by Gasteiger charge is -2.22. The number of anilines is 1. The van der Waals surface area contributed by atoms with E-state index in [0.29, 0.717) is 18.1 Å². The maximum absolute atomic E-state index is 13.5. The number of halogens is 2. The van der Waals surface area contributed by atoms with Gasteiger partial charge in [0.1, 0.15) is 0 Å². The van der Waals surface area contributed by atoms with Gasteiger partial charge in [-0.3, -0.25) is 0 Å². The first-order valence-corrected chi connectivity index (χ1v) is 9.94. The van der Waals surface area contributed by atoms with Gasteiger partial charge >= 0.3 is 0 Å². The number of phenolic OH excluding ortho intramolecular Hbond substituents is 1. The van der Waals surface area contributed by atoms with Crippen molar-refractivity contribution in [3.63, 3.8) is 0 Å². The first-order valence-electron chi connectivity index (χ1n) is 9.94. The second-order valence-electron chi connectivity index (χ2n) is 7.14. The minimum atomic E-state index is -0.627. The van der Waals surface area contributed by atoms with Crippen LogP contribution in [0.3, 0.4) is 0 Å². The summed E-state index contributed by atoms with van der Waals surface area (Å²) in [5.41, 5.74) is 3.17. The summed E-state index contributed by atoms with van der Waals surface area (Å²) < 4.78 is 13.5. The molecule has 158 valence electrons. The normalized spacial score (nSPS) is 15.0. The van der Waals surface area contributed by atoms with Crippen LogP contribution in [0.25, 0.3) is 0 Å². The van der Waals surface area contributed by atoms with Gasteiger partial charge in [0.2, 0.25) is 0 Å². The Labute approximate surface area is 189 Å². The van der Waals surface area contributed by atoms with Gasteiger partial charge in [-0.1, -0.05) is 18.2 Å². The highest BCUT2D eigenvalue weighted by atomic mass is 127. The summed E-state index contributed by atoms with van der Waals surface area (Å²) >= 11 is 0. The van der Waals surface area contributed by atoms with Crippen LogP contribution >= 0.6 is 24.0 Å². The summed E-state index contributed by atoms with van der Waals surface area (Å²) in [5, 5.41) is 16.0. The van der Waals surface area contributed by atoms with E-state index in [1.165, 1.54) is 36.2 Å². The van der Waals surface area contributed by atoms with E-state index < -0.39 is 5.82 Å². The van der Waals surface area contributed by atoms with Gasteiger partial charge in [0, 0.05) is 25.3 Å². The highest BCUT2D eigenvalue weighted by Crippen LogP contribution is 2.24. The Morgan fingerprint density at radius 3 is 2.66 bits per heavy atom. The van der Waals surface area contributed by atoms with Crippen molar-refractivity contribution in [2.45, 2.75) is 39.3 Å². The molecule has 1 unspecified atom stereocenters. The van der Waals surface area contributed by atoms with E-state index in [1.54, 1.807) is 6.07 Å². The van der Waals surface area contributed by atoms with Gasteiger partial charge in [-0.2, -0.15) is 0 Å². The topological polar surface area (TPSA) is 59.9 Å². The zero-order valence-electron chi connectivity index (χ0n) is 17.0. The Bertz CT molecular complexity index is 824. The molecule has 1 aliphatic heterocycles. The van der Waals surface area contributed by atoms with Gasteiger partial charge in [0.05, 0.1) is 12.6 Å². The molecule has 0 saturated carbocycles. The number of nitrogens with zero attached hydrogens (tertiary/aromatic N) is 2. The van der Waals surface area contributed by atoms with Crippen LogP contribution in [-0.4, -0.2) is 30.7 Å². The van der Waals surface area contributed by atoms with Crippen molar-refractivity contribution in [1.82, 2.24) is 10.6 Å². The van der Waals surface area contributed by atoms with E-state index >= 15 is 0 Å². The molecule has 3 rings (SSSR count). The summed E-state index contributed by atoms with van der Waals surface area (Å²) in [6.45, 7) is 7.42. The molecule has 0 bridgehead atoms. The molecule has 3 N–H and O–H groups in total. The van der Waals surface area contributed by atoms with Crippen molar-refractivity contribution in [1.29, 1.82) is 0 Å². The first-order chi connectivity index (χ1) is 13.6. The quantitative estimate of drug-likeness (QED) is 0.302. The lowest BCUT2D eigenvalue weighted by Crippen LogP contribution is -2.38. The molecule has 7 heteroatoms. The maximum atomic E-state index is 13.5. The molecule has 0 aliphatic carbocycles. The van der Waals surface area contributed by atoms with E-state index in [1.807, 2.05) is 6.92 Å². The third-order valence-electron chi connectivity index (χ3n) is 4.97. The summed E-state index contributed by atoms with van der Waals surface area (Å²) in [6, 6.07) is 13.0. The van der Waals surface area contributed by atoms with Gasteiger partial charge in [-0.25, -0.2) is 9.38 Å². The molecular weight excluding hydrogens is 482 g/mol. The van der Waals surface area contributed by atoms with Crippen molar-refractivity contribution in [3.05, 3.63) is 59.4 Å². The van der Waals surface area contributed by atoms with Crippen molar-refractivity contribution >= 4 is 35.6 Å². The Kier molecular flexibility index (Phi) is 9.00. The number of rotatable bonds is 6. The predicted octanol–water partition coefficient (Wildman–Crippen LogP) is 4.57. The fourth-order valence-electron chi connectivity index (χ4n) is 3.39. The summed E-state index contributed by atoms with van der Waals surface area (Å²) in [7, 11) is 0. The third kappa shape index (κ3) is 6.48. The van der Waals surface area contributed by atoms with Gasteiger partial charge in [0.25, 0.3) is 0 Å². The summed E-state index contributed by atoms with van der Waals surface area (Å²) in [4.78, 5) is 6.98. The molecule has 0 amide bonds. The van der Waals surface area contributed by atoms with Gasteiger partial charge in [-0.15, -0.1) is 24.0 Å². The first kappa shape index (κ1) is 23.3. The molecule has 1 heterocycles. The fourth-order valence-corrected chi connectivity index (χ4v) is 3.39. The van der Waals surface area contributed by atoms with E-state index in [9.17, 15) is 9.50 Å². The summed E-state index contributed by atoms with van der Waals surface area (Å²) in [5.74, 6) is -0.294. The number of hydrogen-bond donors (Lipinski definition) is 3. The van der Waals surface area contributed by atoms with Gasteiger partial charge in [-0.05, 0) is 62.1 Å². The molecule has 1 atom stereocenters. The number of hydrogen-bond acceptors (Lipinski definition) is 3. The Morgan fingerprint density at radius 1 is 1.21 bits per heavy atom. The number of guanidine groups is 1. The smallest absolute Gasteiger partial charge is 0.192 e. The van der Waals surface area contributed by atoms with Crippen LogP contribution in [0.2, 0.25) is 0 Å². The van der Waals surface area contributed by atoms with Crippen LogP contribution in [0.5, 0.6) is 5.75 Å². The fraction of sp³-hybridized carbons (Fsp3) is 0.409. The van der Waals surface area contributed by atoms with Crippen LogP contribution < -0.4 is 15.5 Å². The molecular formula is C22H30FIN4O. The second kappa shape index (κ2) is 11.2. The lowest BCUT2D eigenvalue weighted by atomic mass is 10.1. The van der Waals surface area contributed by atoms with Crippen LogP contribution in [0, 0.1) is 5.82 Å². The minimum absolute atomic E-state index is 0. The number of phenols is 1. The van der Waals surface area contributed by atoms with Crippen LogP contribution in [-0.2, 0) is 6.54 Å². The van der Waals surface area contributed by atoms with E-state index in [2.05, 4.69) is 51.7 Å². The van der Waals surface area contributed by atoms with Gasteiger partial charge < -0.3 is 20.6 Å². The van der Waals surface area contributed by atoms with Crippen LogP contribution in [0.1, 0.15) is 43.9 Å². The SMILES string of the molecule is CCNC(=NCc1ccc(O)c(F)c1)NC(C)c1cccc(N2CCCC2)c1.I. The molecule has 0 spiro atoms. The van der Waals surface area contributed by atoms with Crippen molar-refractivity contribution in [3.8, 4) is 5.75 Å². The van der Waals surface area contributed by atoms with E-state index in [0.717, 1.165) is 19.6 Å². The molecule has 1 fully saturated rings. The highest BCUT2D eigenvalue weighted by molar-refractivity contribution is 14.0. The Morgan fingerprint density at radius 2 is 1.97 bits per heavy atom. The average molecular weight is 512 g/mol. The van der Waals surface area contributed by atoms with Crippen LogP contribution in [0.15, 0.2) is 47.5 Å². The molecule has 0 radical (unpaired) electrons. The Balaban J connectivity index is 0.00000300. The molecule has 1 aliphatic rings. The highest BCUT2D eigenvalue weighted by Gasteiger charge is 2.14. The maximum Gasteiger partial charge on any atom is 0.192 e. The molecule has 29 heavy (non-hydrogen) atoms. The number of benzene rings is 2. The second-order valence-corrected chi connectivity index (χ2v) is 7.14. The molecule has 2 aromatic carbocycles. The van der Waals surface area contributed by atoms with Crippen molar-refractivity contribution in [2.75, 3.05) is 24.5 Å². The minimum Gasteiger partial charge on any atom is -0.505 e. The molecule has 2 aromatic rings. The van der Waals surface area contributed by atoms with Crippen LogP contribution in [0.4, 0.5) is 10.1 Å². The zero-order valence-corrected chi connectivity index (χ0v) is 19.3. The van der Waals surface area contributed by atoms with Crippen molar-refractivity contribution < 1.29 is 9.50 Å². The van der Waals surface area contributed by atoms with Crippen molar-refractivity contribution in [2.24, 2.45) is 4.99 Å². The third-order valence-corrected chi connectivity index (χ3v) is 4.97. The number of aromatic hydroxyl groups is 1. The molecule has 0 aromatic heterocycles. The average Bonchev–Trinajstić information content (AvgIpc) is 3.24. The van der Waals surface area contributed by atoms with E-state index in [4.69, 9.17) is 0 Å². The lowest BCUT2D eigenvalue weighted by molar-refractivity contribution is 0.432. The predicted molar refractivity (Wildman–Crippen MR) is 128 cm³/mol. The van der Waals surface area contributed by atoms with E-state index in [-0.39, 0.29) is 35.8 Å². The Hall–Kier alpha value is -2.03. The standard InChI is InChI=1S/C22H29FN4O.HI/c1-3-24-22(25-15-17-9-10-21(28)20(23)13-17)26-16(2)18-7-6-8-19(14-18)27-11-4-5-12-27;/h6-10,13-14,16,28H,3-5,11-12,15H2,1-2H3,(H2,24,25,26);1H. The zero-order chi connectivity index (χ0) is 19.9. The monoisotopic (exact) mass is 512 g/mol. The summed E-state index contributed by atoms with van der Waals surface area (Å²) in [6.07, 6.45) is 2.51. The number of nitrogens with one attached hydrogen (secondary N) is 2. The largest absolute Gasteiger partial charge is 0.505 e. The number of aliphatic imine (C=N–C) groups is 1. The molecule has 1 saturated heterocycles. The molecule has 5 nitrogen and oxygen atoms in total.